The first kappa shape index (κ1) is 19.8. The molecule has 1 heterocycles. The minimum atomic E-state index is -1.00. The number of ether oxygens (including phenoxy) is 1. The van der Waals surface area contributed by atoms with E-state index in [9.17, 15) is 19.2 Å². The fourth-order valence-corrected chi connectivity index (χ4v) is 2.93. The number of amides is 3. The van der Waals surface area contributed by atoms with Gasteiger partial charge in [0.1, 0.15) is 0 Å². The number of carbonyl (C=O) groups excluding carboxylic acids is 4. The summed E-state index contributed by atoms with van der Waals surface area (Å²) in [7, 11) is 0. The lowest BCUT2D eigenvalue weighted by Crippen LogP contribution is -2.30. The highest BCUT2D eigenvalue weighted by Gasteiger charge is 2.30. The van der Waals surface area contributed by atoms with Crippen LogP contribution in [-0.4, -0.2) is 29.8 Å². The molecule has 0 spiro atoms. The van der Waals surface area contributed by atoms with Crippen LogP contribution < -0.4 is 10.2 Å². The van der Waals surface area contributed by atoms with E-state index in [0.29, 0.717) is 11.4 Å². The second kappa shape index (κ2) is 8.35. The SMILES string of the molecule is CC(OC(=O)c1ccc(N2C(=O)CCC2=O)cc1)C(=O)Nc1ccc(Br)cc1. The van der Waals surface area contributed by atoms with Crippen molar-refractivity contribution in [3.05, 3.63) is 58.6 Å². The number of nitrogens with zero attached hydrogens (tertiary/aromatic N) is 1. The predicted molar refractivity (Wildman–Crippen MR) is 106 cm³/mol. The van der Waals surface area contributed by atoms with Gasteiger partial charge in [-0.1, -0.05) is 15.9 Å². The molecule has 3 amide bonds. The molecule has 7 nitrogen and oxygen atoms in total. The molecule has 2 aromatic rings. The molecular formula is C20H17BrN2O5. The van der Waals surface area contributed by atoms with Crippen LogP contribution in [0.1, 0.15) is 30.1 Å². The summed E-state index contributed by atoms with van der Waals surface area (Å²) in [5, 5.41) is 2.66. The highest BCUT2D eigenvalue weighted by Crippen LogP contribution is 2.23. The van der Waals surface area contributed by atoms with Crippen LogP contribution in [0.15, 0.2) is 53.0 Å². The van der Waals surface area contributed by atoms with Gasteiger partial charge in [-0.25, -0.2) is 4.79 Å². The molecule has 8 heteroatoms. The molecule has 1 N–H and O–H groups in total. The van der Waals surface area contributed by atoms with Gasteiger partial charge in [-0.15, -0.1) is 0 Å². The quantitative estimate of drug-likeness (QED) is 0.564. The van der Waals surface area contributed by atoms with Gasteiger partial charge in [-0.3, -0.25) is 19.3 Å². The number of esters is 1. The Morgan fingerprint density at radius 3 is 2.14 bits per heavy atom. The first-order valence-corrected chi connectivity index (χ1v) is 9.37. The molecule has 1 aliphatic heterocycles. The minimum Gasteiger partial charge on any atom is -0.449 e. The average molecular weight is 445 g/mol. The van der Waals surface area contributed by atoms with E-state index < -0.39 is 18.0 Å². The van der Waals surface area contributed by atoms with E-state index in [1.54, 1.807) is 24.3 Å². The lowest BCUT2D eigenvalue weighted by atomic mass is 10.2. The van der Waals surface area contributed by atoms with Crippen molar-refractivity contribution in [1.82, 2.24) is 0 Å². The summed E-state index contributed by atoms with van der Waals surface area (Å²) in [6.45, 7) is 1.47. The van der Waals surface area contributed by atoms with Crippen molar-refractivity contribution < 1.29 is 23.9 Å². The van der Waals surface area contributed by atoms with Crippen LogP contribution in [0, 0.1) is 0 Å². The number of imide groups is 1. The Bertz CT molecular complexity index is 909. The van der Waals surface area contributed by atoms with Crippen LogP contribution >= 0.6 is 15.9 Å². The Hall–Kier alpha value is -3.00. The summed E-state index contributed by atoms with van der Waals surface area (Å²) >= 11 is 3.31. The molecule has 0 bridgehead atoms. The maximum atomic E-state index is 12.3. The highest BCUT2D eigenvalue weighted by atomic mass is 79.9. The summed E-state index contributed by atoms with van der Waals surface area (Å²) in [4.78, 5) is 49.1. The topological polar surface area (TPSA) is 92.8 Å². The third-order valence-corrected chi connectivity index (χ3v) is 4.71. The maximum Gasteiger partial charge on any atom is 0.338 e. The van der Waals surface area contributed by atoms with Gasteiger partial charge < -0.3 is 10.1 Å². The van der Waals surface area contributed by atoms with Crippen LogP contribution in [0.5, 0.6) is 0 Å². The third-order valence-electron chi connectivity index (χ3n) is 4.18. The highest BCUT2D eigenvalue weighted by molar-refractivity contribution is 9.10. The fraction of sp³-hybridized carbons (Fsp3) is 0.200. The summed E-state index contributed by atoms with van der Waals surface area (Å²) < 4.78 is 6.07. The summed E-state index contributed by atoms with van der Waals surface area (Å²) in [6, 6.07) is 12.9. The third kappa shape index (κ3) is 4.45. The molecule has 1 aliphatic rings. The lowest BCUT2D eigenvalue weighted by molar-refractivity contribution is -0.124. The average Bonchev–Trinajstić information content (AvgIpc) is 3.02. The monoisotopic (exact) mass is 444 g/mol. The van der Waals surface area contributed by atoms with Crippen LogP contribution in [0.3, 0.4) is 0 Å². The van der Waals surface area contributed by atoms with Crippen LogP contribution in [0.4, 0.5) is 11.4 Å². The Balaban J connectivity index is 1.60. The normalized spacial score (nSPS) is 14.7. The van der Waals surface area contributed by atoms with E-state index in [1.165, 1.54) is 31.2 Å². The molecule has 1 atom stereocenters. The van der Waals surface area contributed by atoms with Crippen LogP contribution in [-0.2, 0) is 19.1 Å². The number of benzene rings is 2. The zero-order valence-corrected chi connectivity index (χ0v) is 16.6. The Morgan fingerprint density at radius 1 is 1.00 bits per heavy atom. The number of hydrogen-bond acceptors (Lipinski definition) is 5. The maximum absolute atomic E-state index is 12.3. The molecule has 2 aromatic carbocycles. The van der Waals surface area contributed by atoms with Gasteiger partial charge in [0.25, 0.3) is 5.91 Å². The minimum absolute atomic E-state index is 0.188. The van der Waals surface area contributed by atoms with Crippen molar-refractivity contribution in [2.24, 2.45) is 0 Å². The molecule has 28 heavy (non-hydrogen) atoms. The van der Waals surface area contributed by atoms with Crippen molar-refractivity contribution in [1.29, 1.82) is 0 Å². The van der Waals surface area contributed by atoms with E-state index in [1.807, 2.05) is 0 Å². The first-order valence-electron chi connectivity index (χ1n) is 8.58. The van der Waals surface area contributed by atoms with Crippen LogP contribution in [0.2, 0.25) is 0 Å². The molecule has 0 saturated carbocycles. The molecular weight excluding hydrogens is 428 g/mol. The number of halogens is 1. The number of carbonyl (C=O) groups is 4. The van der Waals surface area contributed by atoms with Gasteiger partial charge in [0.2, 0.25) is 11.8 Å². The summed E-state index contributed by atoms with van der Waals surface area (Å²) in [5.74, 6) is -1.67. The summed E-state index contributed by atoms with van der Waals surface area (Å²) in [6.07, 6.45) is -0.626. The van der Waals surface area contributed by atoms with Gasteiger partial charge in [-0.05, 0) is 55.5 Å². The van der Waals surface area contributed by atoms with Crippen molar-refractivity contribution in [2.75, 3.05) is 10.2 Å². The Labute approximate surface area is 169 Å². The van der Waals surface area contributed by atoms with Crippen molar-refractivity contribution in [3.8, 4) is 0 Å². The second-order valence-corrected chi connectivity index (χ2v) is 7.13. The zero-order chi connectivity index (χ0) is 20.3. The molecule has 1 unspecified atom stereocenters. The zero-order valence-electron chi connectivity index (χ0n) is 15.0. The van der Waals surface area contributed by atoms with Crippen molar-refractivity contribution in [3.63, 3.8) is 0 Å². The second-order valence-electron chi connectivity index (χ2n) is 6.21. The fourth-order valence-electron chi connectivity index (χ4n) is 2.67. The standard InChI is InChI=1S/C20H17BrN2O5/c1-12(19(26)22-15-6-4-14(21)5-7-15)28-20(27)13-2-8-16(9-3-13)23-17(24)10-11-18(23)25/h2-9,12H,10-11H2,1H3,(H,22,26). The van der Waals surface area contributed by atoms with E-state index in [2.05, 4.69) is 21.2 Å². The van der Waals surface area contributed by atoms with E-state index in [0.717, 1.165) is 9.37 Å². The molecule has 1 fully saturated rings. The number of rotatable bonds is 5. The predicted octanol–water partition coefficient (Wildman–Crippen LogP) is 3.29. The van der Waals surface area contributed by atoms with Gasteiger partial charge in [0.05, 0.1) is 11.3 Å². The van der Waals surface area contributed by atoms with Crippen molar-refractivity contribution in [2.45, 2.75) is 25.9 Å². The first-order chi connectivity index (χ1) is 13.3. The Morgan fingerprint density at radius 2 is 1.57 bits per heavy atom. The van der Waals surface area contributed by atoms with E-state index >= 15 is 0 Å². The molecule has 0 aromatic heterocycles. The number of hydrogen-bond donors (Lipinski definition) is 1. The lowest BCUT2D eigenvalue weighted by Gasteiger charge is -2.15. The molecule has 0 radical (unpaired) electrons. The van der Waals surface area contributed by atoms with Gasteiger partial charge in [-0.2, -0.15) is 0 Å². The summed E-state index contributed by atoms with van der Waals surface area (Å²) in [5.41, 5.74) is 1.21. The molecule has 1 saturated heterocycles. The Kier molecular flexibility index (Phi) is 5.89. The van der Waals surface area contributed by atoms with Crippen molar-refractivity contribution >= 4 is 51.0 Å². The van der Waals surface area contributed by atoms with Gasteiger partial charge in [0, 0.05) is 23.0 Å². The van der Waals surface area contributed by atoms with E-state index in [4.69, 9.17) is 4.74 Å². The number of nitrogens with one attached hydrogen (secondary N) is 1. The van der Waals surface area contributed by atoms with Gasteiger partial charge >= 0.3 is 5.97 Å². The van der Waals surface area contributed by atoms with Gasteiger partial charge in [0.15, 0.2) is 6.10 Å². The molecule has 3 rings (SSSR count). The molecule has 0 aliphatic carbocycles. The smallest absolute Gasteiger partial charge is 0.338 e. The largest absolute Gasteiger partial charge is 0.449 e. The van der Waals surface area contributed by atoms with E-state index in [-0.39, 0.29) is 30.2 Å². The number of anilines is 2. The van der Waals surface area contributed by atoms with Crippen LogP contribution in [0.25, 0.3) is 0 Å². The molecule has 144 valence electrons.